The molecule has 0 aliphatic heterocycles. The lowest BCUT2D eigenvalue weighted by Crippen LogP contribution is -2.54. The van der Waals surface area contributed by atoms with E-state index >= 15 is 0 Å². The van der Waals surface area contributed by atoms with Gasteiger partial charge in [0.15, 0.2) is 0 Å². The molecule has 3 bridgehead atoms. The van der Waals surface area contributed by atoms with Crippen LogP contribution in [0.2, 0.25) is 0 Å². The summed E-state index contributed by atoms with van der Waals surface area (Å²) in [4.78, 5) is 12.5. The Kier molecular flexibility index (Phi) is 2.36. The molecule has 2 unspecified atom stereocenters. The van der Waals surface area contributed by atoms with Crippen molar-refractivity contribution in [2.45, 2.75) is 71.6 Å². The molecular weight excluding hydrogens is 256 g/mol. The average molecular weight is 284 g/mol. The maximum Gasteiger partial charge on any atom is 0.139 e. The molecule has 0 N–H and O–H groups in total. The van der Waals surface area contributed by atoms with Crippen molar-refractivity contribution in [1.82, 2.24) is 0 Å². The van der Waals surface area contributed by atoms with Gasteiger partial charge in [0.1, 0.15) is 5.78 Å². The maximum absolute atomic E-state index is 12.5. The number of hydrogen-bond donors (Lipinski definition) is 0. The van der Waals surface area contributed by atoms with Crippen LogP contribution in [0.1, 0.15) is 71.6 Å². The Morgan fingerprint density at radius 3 is 2.81 bits per heavy atom. The Labute approximate surface area is 128 Å². The second-order valence-corrected chi connectivity index (χ2v) is 9.43. The van der Waals surface area contributed by atoms with Crippen LogP contribution in [-0.4, -0.2) is 5.78 Å². The molecule has 0 saturated heterocycles. The minimum Gasteiger partial charge on any atom is -0.299 e. The van der Waals surface area contributed by atoms with Crippen LogP contribution in [0, 0.1) is 34.5 Å². The van der Waals surface area contributed by atoms with Crippen molar-refractivity contribution in [3.63, 3.8) is 0 Å². The van der Waals surface area contributed by atoms with Gasteiger partial charge in [-0.2, -0.15) is 0 Å². The lowest BCUT2D eigenvalue weighted by atomic mass is 9.43. The van der Waals surface area contributed by atoms with E-state index in [2.05, 4.69) is 13.8 Å². The van der Waals surface area contributed by atoms with Crippen LogP contribution < -0.4 is 0 Å². The summed E-state index contributed by atoms with van der Waals surface area (Å²) in [6.45, 7) is 4.91. The highest BCUT2D eigenvalue weighted by molar-refractivity contribution is 5.87. The third-order valence-electron chi connectivity index (χ3n) is 8.42. The molecule has 1 heteroatoms. The number of hydrogen-bond acceptors (Lipinski definition) is 1. The van der Waals surface area contributed by atoms with Crippen LogP contribution in [0.25, 0.3) is 0 Å². The molecule has 5 aliphatic rings. The van der Waals surface area contributed by atoms with Gasteiger partial charge in [0.2, 0.25) is 0 Å². The minimum absolute atomic E-state index is 0.0406. The normalized spacial score (nSPS) is 54.7. The lowest BCUT2D eigenvalue weighted by Gasteiger charge is -2.61. The highest BCUT2D eigenvalue weighted by atomic mass is 16.1. The van der Waals surface area contributed by atoms with E-state index in [0.29, 0.717) is 17.1 Å². The van der Waals surface area contributed by atoms with Crippen molar-refractivity contribution in [1.29, 1.82) is 0 Å². The topological polar surface area (TPSA) is 17.1 Å². The van der Waals surface area contributed by atoms with Gasteiger partial charge in [0, 0.05) is 11.8 Å². The molecule has 21 heavy (non-hydrogen) atoms. The van der Waals surface area contributed by atoms with Crippen molar-refractivity contribution in [2.24, 2.45) is 34.5 Å². The fourth-order valence-corrected chi connectivity index (χ4v) is 7.67. The molecule has 6 atom stereocenters. The molecule has 114 valence electrons. The third-order valence-corrected chi connectivity index (χ3v) is 8.42. The summed E-state index contributed by atoms with van der Waals surface area (Å²) < 4.78 is 0. The van der Waals surface area contributed by atoms with Gasteiger partial charge < -0.3 is 0 Å². The summed E-state index contributed by atoms with van der Waals surface area (Å²) in [6, 6.07) is 0. The van der Waals surface area contributed by atoms with Gasteiger partial charge in [0.25, 0.3) is 0 Å². The largest absolute Gasteiger partial charge is 0.299 e. The minimum atomic E-state index is 0.0406. The van der Waals surface area contributed by atoms with Crippen LogP contribution in [0.15, 0.2) is 11.1 Å². The van der Waals surface area contributed by atoms with Gasteiger partial charge in [-0.25, -0.2) is 0 Å². The first-order chi connectivity index (χ1) is 10.0. The van der Waals surface area contributed by atoms with Crippen LogP contribution in [0.4, 0.5) is 0 Å². The summed E-state index contributed by atoms with van der Waals surface area (Å²) in [6.07, 6.45) is 11.7. The van der Waals surface area contributed by atoms with Crippen LogP contribution in [0.5, 0.6) is 0 Å². The van der Waals surface area contributed by atoms with E-state index in [9.17, 15) is 4.79 Å². The first-order valence-corrected chi connectivity index (χ1v) is 9.25. The summed E-state index contributed by atoms with van der Waals surface area (Å²) in [5.74, 6) is 3.93. The molecule has 0 spiro atoms. The summed E-state index contributed by atoms with van der Waals surface area (Å²) >= 11 is 0. The van der Waals surface area contributed by atoms with E-state index in [1.807, 2.05) is 11.1 Å². The zero-order valence-corrected chi connectivity index (χ0v) is 13.6. The van der Waals surface area contributed by atoms with E-state index in [1.165, 1.54) is 51.4 Å². The summed E-state index contributed by atoms with van der Waals surface area (Å²) in [5.41, 5.74) is 4.31. The molecule has 0 heterocycles. The number of rotatable bonds is 0. The molecule has 0 amide bonds. The highest BCUT2D eigenvalue weighted by Crippen LogP contribution is 2.68. The summed E-state index contributed by atoms with van der Waals surface area (Å²) in [7, 11) is 0. The second-order valence-electron chi connectivity index (χ2n) is 9.43. The Morgan fingerprint density at radius 2 is 1.95 bits per heavy atom. The van der Waals surface area contributed by atoms with Crippen molar-refractivity contribution >= 4 is 5.78 Å². The monoisotopic (exact) mass is 284 g/mol. The van der Waals surface area contributed by atoms with Gasteiger partial charge in [-0.1, -0.05) is 25.0 Å². The molecule has 3 saturated carbocycles. The SMILES string of the molecule is CC12CC3=C(CCC(C3)C1)[C@H]1CC[C@]3(C)C(=O)CC[C@H]3[C@@H]12. The van der Waals surface area contributed by atoms with Crippen molar-refractivity contribution < 1.29 is 4.79 Å². The Hall–Kier alpha value is -0.590. The van der Waals surface area contributed by atoms with Gasteiger partial charge in [-0.3, -0.25) is 4.79 Å². The number of carbonyl (C=O) groups is 1. The highest BCUT2D eigenvalue weighted by Gasteiger charge is 2.61. The number of Topliss-reactive ketones (excluding diaryl/α,β-unsaturated/α-hetero) is 1. The Morgan fingerprint density at radius 1 is 1.10 bits per heavy atom. The molecule has 0 aromatic carbocycles. The average Bonchev–Trinajstić information content (AvgIpc) is 2.73. The fourth-order valence-electron chi connectivity index (χ4n) is 7.67. The van der Waals surface area contributed by atoms with E-state index in [1.54, 1.807) is 0 Å². The lowest BCUT2D eigenvalue weighted by molar-refractivity contribution is -0.134. The first kappa shape index (κ1) is 12.9. The van der Waals surface area contributed by atoms with Crippen LogP contribution >= 0.6 is 0 Å². The number of carbonyl (C=O) groups excluding carboxylic acids is 1. The molecule has 0 radical (unpaired) electrons. The molecule has 5 rings (SSSR count). The van der Waals surface area contributed by atoms with E-state index in [4.69, 9.17) is 0 Å². The summed E-state index contributed by atoms with van der Waals surface area (Å²) in [5, 5.41) is 0. The quantitative estimate of drug-likeness (QED) is 0.578. The smallest absolute Gasteiger partial charge is 0.139 e. The fraction of sp³-hybridized carbons (Fsp3) is 0.850. The van der Waals surface area contributed by atoms with Crippen molar-refractivity contribution in [3.05, 3.63) is 11.1 Å². The van der Waals surface area contributed by atoms with E-state index in [0.717, 1.165) is 24.2 Å². The molecule has 5 aliphatic carbocycles. The second kappa shape index (κ2) is 3.84. The predicted octanol–water partition coefficient (Wildman–Crippen LogP) is 4.91. The van der Waals surface area contributed by atoms with Gasteiger partial charge in [-0.05, 0) is 80.5 Å². The van der Waals surface area contributed by atoms with E-state index < -0.39 is 0 Å². The Bertz CT molecular complexity index is 558. The van der Waals surface area contributed by atoms with Crippen molar-refractivity contribution in [3.8, 4) is 0 Å². The Balaban J connectivity index is 1.65. The van der Waals surface area contributed by atoms with Gasteiger partial charge in [0.05, 0.1) is 0 Å². The predicted molar refractivity (Wildman–Crippen MR) is 83.8 cm³/mol. The van der Waals surface area contributed by atoms with Crippen molar-refractivity contribution in [2.75, 3.05) is 0 Å². The first-order valence-electron chi connectivity index (χ1n) is 9.25. The zero-order chi connectivity index (χ0) is 14.4. The van der Waals surface area contributed by atoms with Crippen LogP contribution in [-0.2, 0) is 4.79 Å². The molecule has 0 aromatic heterocycles. The number of fused-ring (bicyclic) bond motifs is 7. The third kappa shape index (κ3) is 1.46. The van der Waals surface area contributed by atoms with Gasteiger partial charge in [-0.15, -0.1) is 0 Å². The van der Waals surface area contributed by atoms with E-state index in [-0.39, 0.29) is 5.41 Å². The zero-order valence-electron chi connectivity index (χ0n) is 13.6. The maximum atomic E-state index is 12.5. The molecule has 3 fully saturated rings. The number of ketones is 1. The molecule has 1 nitrogen and oxygen atoms in total. The number of allylic oxidation sites excluding steroid dienone is 2. The molecular formula is C20H28O. The van der Waals surface area contributed by atoms with Crippen LogP contribution in [0.3, 0.4) is 0 Å². The van der Waals surface area contributed by atoms with Gasteiger partial charge >= 0.3 is 0 Å². The molecule has 0 aromatic rings. The standard InChI is InChI=1S/C20H28O/c1-19-10-12-3-4-14(13(9-12)11-19)15-7-8-20(2)16(18(15)19)5-6-17(20)21/h12,15-16,18H,3-11H2,1-2H3/t12?,15-,16+,18-,19?,20+/m1/s1.